The molecule has 0 radical (unpaired) electrons. The second-order valence-electron chi connectivity index (χ2n) is 2.67. The molecule has 0 bridgehead atoms. The lowest BCUT2D eigenvalue weighted by Gasteiger charge is -2.11. The number of nitriles is 2. The Morgan fingerprint density at radius 2 is 2.06 bits per heavy atom. The van der Waals surface area contributed by atoms with E-state index in [1.165, 1.54) is 0 Å². The van der Waals surface area contributed by atoms with Gasteiger partial charge in [0.1, 0.15) is 17.5 Å². The summed E-state index contributed by atoms with van der Waals surface area (Å²) in [5, 5.41) is 16.9. The zero-order valence-electron chi connectivity index (χ0n) is 7.75. The predicted octanol–water partition coefficient (Wildman–Crippen LogP) is 1.92. The van der Waals surface area contributed by atoms with E-state index in [1.807, 2.05) is 0 Å². The van der Waals surface area contributed by atoms with Gasteiger partial charge in [0.15, 0.2) is 0 Å². The molecule has 0 aliphatic heterocycles. The Balaban J connectivity index is 3.12. The van der Waals surface area contributed by atoms with Gasteiger partial charge in [0.05, 0.1) is 12.5 Å². The minimum Gasteiger partial charge on any atom is -0.405 e. The van der Waals surface area contributed by atoms with Crippen LogP contribution in [0.5, 0.6) is 5.75 Å². The SMILES string of the molecule is N#CCc1cnc(C#N)cc1OC(F)(F)F. The van der Waals surface area contributed by atoms with Gasteiger partial charge in [-0.2, -0.15) is 10.5 Å². The van der Waals surface area contributed by atoms with E-state index in [1.54, 1.807) is 12.1 Å². The molecule has 0 atom stereocenters. The van der Waals surface area contributed by atoms with Crippen molar-refractivity contribution in [2.45, 2.75) is 12.8 Å². The Hall–Kier alpha value is -2.28. The molecule has 0 amide bonds. The molecule has 1 heterocycles. The summed E-state index contributed by atoms with van der Waals surface area (Å²) in [6, 6.07) is 4.11. The first-order chi connectivity index (χ1) is 7.46. The highest BCUT2D eigenvalue weighted by molar-refractivity contribution is 5.38. The summed E-state index contributed by atoms with van der Waals surface area (Å²) in [6.07, 6.45) is -4.12. The maximum Gasteiger partial charge on any atom is 0.573 e. The molecule has 0 unspecified atom stereocenters. The molecule has 16 heavy (non-hydrogen) atoms. The van der Waals surface area contributed by atoms with Gasteiger partial charge in [0, 0.05) is 17.8 Å². The lowest BCUT2D eigenvalue weighted by molar-refractivity contribution is -0.274. The fourth-order valence-electron chi connectivity index (χ4n) is 0.964. The van der Waals surface area contributed by atoms with Gasteiger partial charge in [0.2, 0.25) is 0 Å². The number of pyridine rings is 1. The second-order valence-corrected chi connectivity index (χ2v) is 2.67. The monoisotopic (exact) mass is 227 g/mol. The number of nitrogens with zero attached hydrogens (tertiary/aromatic N) is 3. The molecule has 1 aromatic rings. The number of halogens is 3. The molecule has 0 N–H and O–H groups in total. The highest BCUT2D eigenvalue weighted by Gasteiger charge is 2.32. The summed E-state index contributed by atoms with van der Waals surface area (Å²) >= 11 is 0. The maximum atomic E-state index is 12.0. The van der Waals surface area contributed by atoms with Gasteiger partial charge in [-0.15, -0.1) is 13.2 Å². The Bertz CT molecular complexity index is 470. The molecule has 0 saturated heterocycles. The van der Waals surface area contributed by atoms with Crippen LogP contribution in [0, 0.1) is 22.7 Å². The van der Waals surface area contributed by atoms with Crippen LogP contribution in [0.4, 0.5) is 13.2 Å². The fourth-order valence-corrected chi connectivity index (χ4v) is 0.964. The standard InChI is InChI=1S/C9H4F3N3O/c10-9(11,12)16-8-3-7(4-14)15-5-6(8)1-2-13/h3,5H,1H2. The smallest absolute Gasteiger partial charge is 0.405 e. The van der Waals surface area contributed by atoms with Gasteiger partial charge < -0.3 is 4.74 Å². The first kappa shape index (κ1) is 11.8. The summed E-state index contributed by atoms with van der Waals surface area (Å²) in [6.45, 7) is 0. The number of hydrogen-bond acceptors (Lipinski definition) is 4. The van der Waals surface area contributed by atoms with Crippen LogP contribution in [-0.2, 0) is 6.42 Å². The van der Waals surface area contributed by atoms with Gasteiger partial charge in [-0.1, -0.05) is 0 Å². The van der Waals surface area contributed by atoms with E-state index < -0.39 is 12.1 Å². The van der Waals surface area contributed by atoms with Crippen molar-refractivity contribution in [3.8, 4) is 17.9 Å². The van der Waals surface area contributed by atoms with Crippen LogP contribution in [-0.4, -0.2) is 11.3 Å². The molecule has 0 spiro atoms. The van der Waals surface area contributed by atoms with Gasteiger partial charge in [-0.25, -0.2) is 4.98 Å². The summed E-state index contributed by atoms with van der Waals surface area (Å²) in [4.78, 5) is 3.55. The van der Waals surface area contributed by atoms with E-state index in [9.17, 15) is 13.2 Å². The summed E-state index contributed by atoms with van der Waals surface area (Å²) < 4.78 is 39.7. The summed E-state index contributed by atoms with van der Waals surface area (Å²) in [5.41, 5.74) is -0.222. The van der Waals surface area contributed by atoms with Crippen LogP contribution in [0.2, 0.25) is 0 Å². The fraction of sp³-hybridized carbons (Fsp3) is 0.222. The largest absolute Gasteiger partial charge is 0.573 e. The van der Waals surface area contributed by atoms with Crippen molar-refractivity contribution >= 4 is 0 Å². The summed E-state index contributed by atoms with van der Waals surface area (Å²) in [7, 11) is 0. The van der Waals surface area contributed by atoms with Crippen molar-refractivity contribution in [2.24, 2.45) is 0 Å². The average molecular weight is 227 g/mol. The molecule has 1 rings (SSSR count). The first-order valence-corrected chi connectivity index (χ1v) is 3.98. The van der Waals surface area contributed by atoms with E-state index in [2.05, 4.69) is 9.72 Å². The van der Waals surface area contributed by atoms with Gasteiger partial charge in [0.25, 0.3) is 0 Å². The molecule has 0 aliphatic carbocycles. The number of aromatic nitrogens is 1. The molecular weight excluding hydrogens is 223 g/mol. The minimum absolute atomic E-state index is 0.0150. The molecule has 1 aromatic heterocycles. The second kappa shape index (κ2) is 4.49. The lowest BCUT2D eigenvalue weighted by Crippen LogP contribution is -2.18. The van der Waals surface area contributed by atoms with Gasteiger partial charge >= 0.3 is 6.36 Å². The number of hydrogen-bond donors (Lipinski definition) is 0. The van der Waals surface area contributed by atoms with Crippen LogP contribution < -0.4 is 4.74 Å². The van der Waals surface area contributed by atoms with Crippen LogP contribution in [0.1, 0.15) is 11.3 Å². The van der Waals surface area contributed by atoms with Crippen molar-refractivity contribution in [3.05, 3.63) is 23.5 Å². The van der Waals surface area contributed by atoms with E-state index in [-0.39, 0.29) is 17.7 Å². The molecule has 82 valence electrons. The van der Waals surface area contributed by atoms with Crippen LogP contribution >= 0.6 is 0 Å². The highest BCUT2D eigenvalue weighted by atomic mass is 19.4. The predicted molar refractivity (Wildman–Crippen MR) is 45.0 cm³/mol. The number of rotatable bonds is 2. The van der Waals surface area contributed by atoms with Crippen molar-refractivity contribution in [1.82, 2.24) is 4.98 Å². The van der Waals surface area contributed by atoms with Crippen molar-refractivity contribution in [1.29, 1.82) is 10.5 Å². The normalized spacial score (nSPS) is 10.3. The van der Waals surface area contributed by atoms with Crippen LogP contribution in [0.25, 0.3) is 0 Å². The third-order valence-corrected chi connectivity index (χ3v) is 1.55. The number of alkyl halides is 3. The molecule has 7 heteroatoms. The molecular formula is C9H4F3N3O. The van der Waals surface area contributed by atoms with E-state index in [4.69, 9.17) is 10.5 Å². The molecule has 0 aliphatic rings. The number of ether oxygens (including phenoxy) is 1. The zero-order chi connectivity index (χ0) is 12.2. The molecule has 0 saturated carbocycles. The topological polar surface area (TPSA) is 69.7 Å². The quantitative estimate of drug-likeness (QED) is 0.773. The maximum absolute atomic E-state index is 12.0. The van der Waals surface area contributed by atoms with E-state index >= 15 is 0 Å². The highest BCUT2D eigenvalue weighted by Crippen LogP contribution is 2.26. The zero-order valence-corrected chi connectivity index (χ0v) is 7.75. The van der Waals surface area contributed by atoms with E-state index in [0.717, 1.165) is 12.3 Å². The van der Waals surface area contributed by atoms with Crippen molar-refractivity contribution < 1.29 is 17.9 Å². The Kier molecular flexibility index (Phi) is 3.31. The van der Waals surface area contributed by atoms with Crippen LogP contribution in [0.3, 0.4) is 0 Å². The molecule has 0 aromatic carbocycles. The van der Waals surface area contributed by atoms with Crippen molar-refractivity contribution in [3.63, 3.8) is 0 Å². The lowest BCUT2D eigenvalue weighted by atomic mass is 10.2. The molecule has 4 nitrogen and oxygen atoms in total. The Labute approximate surface area is 88.5 Å². The third kappa shape index (κ3) is 3.14. The summed E-state index contributed by atoms with van der Waals surface area (Å²) in [5.74, 6) is -0.569. The average Bonchev–Trinajstić information content (AvgIpc) is 2.18. The van der Waals surface area contributed by atoms with Crippen LogP contribution in [0.15, 0.2) is 12.3 Å². The minimum atomic E-state index is -4.86. The first-order valence-electron chi connectivity index (χ1n) is 3.98. The molecule has 0 fully saturated rings. The van der Waals surface area contributed by atoms with E-state index in [0.29, 0.717) is 0 Å². The van der Waals surface area contributed by atoms with Crippen molar-refractivity contribution in [2.75, 3.05) is 0 Å². The Morgan fingerprint density at radius 1 is 1.38 bits per heavy atom. The van der Waals surface area contributed by atoms with Gasteiger partial charge in [-0.05, 0) is 0 Å². The Morgan fingerprint density at radius 3 is 2.56 bits per heavy atom. The third-order valence-electron chi connectivity index (χ3n) is 1.55. The van der Waals surface area contributed by atoms with Gasteiger partial charge in [-0.3, -0.25) is 0 Å².